The van der Waals surface area contributed by atoms with Crippen LogP contribution in [-0.4, -0.2) is 32.1 Å². The smallest absolute Gasteiger partial charge is 0.258 e. The Morgan fingerprint density at radius 3 is 2.60 bits per heavy atom. The Labute approximate surface area is 204 Å². The summed E-state index contributed by atoms with van der Waals surface area (Å²) in [5.74, 6) is 0.686. The van der Waals surface area contributed by atoms with Crippen molar-refractivity contribution in [3.63, 3.8) is 0 Å². The normalized spacial score (nSPS) is 18.5. The van der Waals surface area contributed by atoms with Crippen LogP contribution in [0.4, 0.5) is 4.39 Å². The van der Waals surface area contributed by atoms with Gasteiger partial charge in [-0.25, -0.2) is 4.39 Å². The number of benzene rings is 1. The molecular formula is C28H31FN4O2. The van der Waals surface area contributed by atoms with Crippen molar-refractivity contribution in [2.45, 2.75) is 45.8 Å². The third-order valence-corrected chi connectivity index (χ3v) is 7.04. The lowest BCUT2D eigenvalue weighted by Gasteiger charge is -2.27. The molecule has 0 radical (unpaired) electrons. The predicted octanol–water partition coefficient (Wildman–Crippen LogP) is 5.16. The molecule has 6 heterocycles. The maximum absolute atomic E-state index is 13.0. The van der Waals surface area contributed by atoms with E-state index in [2.05, 4.69) is 33.6 Å². The van der Waals surface area contributed by atoms with E-state index < -0.39 is 5.82 Å². The highest BCUT2D eigenvalue weighted by Gasteiger charge is 2.31. The summed E-state index contributed by atoms with van der Waals surface area (Å²) in [6, 6.07) is 12.4. The standard InChI is InChI=1S/C26H25FN4O2.C2H6/c1-29-24-12-20(4-5-22(24)23-15-30-9-6-17(7-10-30)26(23)29)31-11-8-21(13-25(31)32)33-16-19-3-2-18(27)14-28-19;1-2/h2-5,8,11-14,17H,6-7,9-10,15-16H2,1H3;1-2H3. The molecule has 182 valence electrons. The van der Waals surface area contributed by atoms with E-state index in [9.17, 15) is 9.18 Å². The van der Waals surface area contributed by atoms with Gasteiger partial charge >= 0.3 is 0 Å². The summed E-state index contributed by atoms with van der Waals surface area (Å²) < 4.78 is 22.7. The van der Waals surface area contributed by atoms with E-state index >= 15 is 0 Å². The molecule has 0 atom stereocenters. The second kappa shape index (κ2) is 9.66. The molecule has 0 aliphatic carbocycles. The molecule has 7 rings (SSSR count). The lowest BCUT2D eigenvalue weighted by molar-refractivity contribution is 0.220. The van der Waals surface area contributed by atoms with Crippen molar-refractivity contribution in [3.05, 3.63) is 88.0 Å². The van der Waals surface area contributed by atoms with Crippen LogP contribution in [0.3, 0.4) is 0 Å². The molecule has 1 fully saturated rings. The molecule has 35 heavy (non-hydrogen) atoms. The van der Waals surface area contributed by atoms with Crippen molar-refractivity contribution in [1.82, 2.24) is 19.0 Å². The van der Waals surface area contributed by atoms with Gasteiger partial charge in [-0.2, -0.15) is 0 Å². The lowest BCUT2D eigenvalue weighted by Crippen LogP contribution is -2.29. The number of aryl methyl sites for hydroxylation is 1. The van der Waals surface area contributed by atoms with E-state index in [0.717, 1.165) is 18.4 Å². The number of halogens is 1. The van der Waals surface area contributed by atoms with Crippen LogP contribution in [0.1, 0.15) is 49.6 Å². The van der Waals surface area contributed by atoms with E-state index in [-0.39, 0.29) is 12.2 Å². The Morgan fingerprint density at radius 2 is 1.89 bits per heavy atom. The number of hydrogen-bond acceptors (Lipinski definition) is 4. The molecule has 0 unspecified atom stereocenters. The summed E-state index contributed by atoms with van der Waals surface area (Å²) in [4.78, 5) is 19.4. The third-order valence-electron chi connectivity index (χ3n) is 7.04. The van der Waals surface area contributed by atoms with Crippen molar-refractivity contribution in [3.8, 4) is 11.4 Å². The Hall–Kier alpha value is -3.45. The third kappa shape index (κ3) is 4.36. The van der Waals surface area contributed by atoms with Crippen molar-refractivity contribution in [2.75, 3.05) is 13.1 Å². The molecule has 6 nitrogen and oxygen atoms in total. The predicted molar refractivity (Wildman–Crippen MR) is 136 cm³/mol. The van der Waals surface area contributed by atoms with E-state index in [1.807, 2.05) is 19.9 Å². The average molecular weight is 475 g/mol. The first-order chi connectivity index (χ1) is 17.1. The van der Waals surface area contributed by atoms with Crippen molar-refractivity contribution >= 4 is 10.9 Å². The van der Waals surface area contributed by atoms with Gasteiger partial charge in [-0.1, -0.05) is 19.9 Å². The van der Waals surface area contributed by atoms with Crippen LogP contribution in [0.25, 0.3) is 16.6 Å². The van der Waals surface area contributed by atoms with Crippen molar-refractivity contribution < 1.29 is 9.13 Å². The minimum Gasteiger partial charge on any atom is -0.487 e. The molecule has 3 aliphatic heterocycles. The second-order valence-corrected chi connectivity index (χ2v) is 9.00. The Balaban J connectivity index is 0.00000124. The van der Waals surface area contributed by atoms with E-state index in [0.29, 0.717) is 17.4 Å². The topological polar surface area (TPSA) is 52.3 Å². The second-order valence-electron chi connectivity index (χ2n) is 9.00. The number of hydrogen-bond donors (Lipinski definition) is 0. The first-order valence-electron chi connectivity index (χ1n) is 12.4. The number of pyridine rings is 2. The largest absolute Gasteiger partial charge is 0.487 e. The van der Waals surface area contributed by atoms with Gasteiger partial charge in [0, 0.05) is 42.9 Å². The number of rotatable bonds is 4. The zero-order valence-corrected chi connectivity index (χ0v) is 20.5. The Bertz CT molecular complexity index is 1400. The van der Waals surface area contributed by atoms with E-state index in [1.165, 1.54) is 60.2 Å². The SMILES string of the molecule is CC.Cn1c2c(c3ccc(-n4ccc(OCc5ccc(F)cn5)cc4=O)cc31)CN1CCC2CC1. The number of fused-ring (bicyclic) bond motifs is 3. The van der Waals surface area contributed by atoms with Crippen LogP contribution in [0.2, 0.25) is 0 Å². The monoisotopic (exact) mass is 474 g/mol. The molecule has 1 saturated heterocycles. The zero-order chi connectivity index (χ0) is 24.5. The molecule has 0 saturated carbocycles. The minimum atomic E-state index is -0.391. The molecule has 0 spiro atoms. The number of ether oxygens (including phenoxy) is 1. The first-order valence-corrected chi connectivity index (χ1v) is 12.4. The number of aromatic nitrogens is 3. The maximum atomic E-state index is 13.0. The highest BCUT2D eigenvalue weighted by atomic mass is 19.1. The van der Waals surface area contributed by atoms with Gasteiger partial charge in [0.25, 0.3) is 5.56 Å². The van der Waals surface area contributed by atoms with Gasteiger partial charge in [-0.15, -0.1) is 0 Å². The molecule has 7 heteroatoms. The van der Waals surface area contributed by atoms with Gasteiger partial charge in [0.1, 0.15) is 18.2 Å². The van der Waals surface area contributed by atoms with Gasteiger partial charge in [0.2, 0.25) is 0 Å². The fraction of sp³-hybridized carbons (Fsp3) is 0.357. The lowest BCUT2D eigenvalue weighted by atomic mass is 9.94. The van der Waals surface area contributed by atoms with Crippen LogP contribution >= 0.6 is 0 Å². The molecule has 2 bridgehead atoms. The quantitative estimate of drug-likeness (QED) is 0.410. The number of piperidine rings is 1. The summed E-state index contributed by atoms with van der Waals surface area (Å²) >= 11 is 0. The molecule has 0 N–H and O–H groups in total. The van der Waals surface area contributed by atoms with Gasteiger partial charge < -0.3 is 9.30 Å². The van der Waals surface area contributed by atoms with Crippen LogP contribution in [-0.2, 0) is 20.2 Å². The molecule has 1 aromatic carbocycles. The fourth-order valence-electron chi connectivity index (χ4n) is 5.36. The van der Waals surface area contributed by atoms with Gasteiger partial charge in [0.05, 0.1) is 23.1 Å². The summed E-state index contributed by atoms with van der Waals surface area (Å²) in [6.07, 6.45) is 5.33. The van der Waals surface area contributed by atoms with Crippen LogP contribution in [0.5, 0.6) is 5.75 Å². The minimum absolute atomic E-state index is 0.167. The highest BCUT2D eigenvalue weighted by molar-refractivity contribution is 5.87. The van der Waals surface area contributed by atoms with Crippen molar-refractivity contribution in [1.29, 1.82) is 0 Å². The molecule has 4 aromatic rings. The Morgan fingerprint density at radius 1 is 1.09 bits per heavy atom. The summed E-state index contributed by atoms with van der Waals surface area (Å²) in [6.45, 7) is 7.54. The highest BCUT2D eigenvalue weighted by Crippen LogP contribution is 2.40. The molecule has 3 aromatic heterocycles. The number of nitrogens with zero attached hydrogens (tertiary/aromatic N) is 4. The van der Waals surface area contributed by atoms with Gasteiger partial charge in [-0.3, -0.25) is 19.2 Å². The van der Waals surface area contributed by atoms with Crippen LogP contribution in [0.15, 0.2) is 59.7 Å². The van der Waals surface area contributed by atoms with E-state index in [4.69, 9.17) is 4.74 Å². The van der Waals surface area contributed by atoms with Gasteiger partial charge in [-0.05, 0) is 61.8 Å². The average Bonchev–Trinajstić information content (AvgIpc) is 3.02. The van der Waals surface area contributed by atoms with Gasteiger partial charge in [0.15, 0.2) is 0 Å². The Kier molecular flexibility index (Phi) is 6.43. The molecule has 3 aliphatic rings. The van der Waals surface area contributed by atoms with Crippen molar-refractivity contribution in [2.24, 2.45) is 7.05 Å². The molecule has 0 amide bonds. The zero-order valence-electron chi connectivity index (χ0n) is 20.5. The molecular weight excluding hydrogens is 443 g/mol. The fourth-order valence-corrected chi connectivity index (χ4v) is 5.36. The first kappa shape index (κ1) is 23.3. The summed E-state index contributed by atoms with van der Waals surface area (Å²) in [5.41, 5.74) is 5.35. The summed E-state index contributed by atoms with van der Waals surface area (Å²) in [7, 11) is 2.15. The van der Waals surface area contributed by atoms with Crippen LogP contribution in [0, 0.1) is 5.82 Å². The summed E-state index contributed by atoms with van der Waals surface area (Å²) in [5, 5.41) is 1.29. The van der Waals surface area contributed by atoms with Crippen LogP contribution < -0.4 is 10.3 Å². The van der Waals surface area contributed by atoms with E-state index in [1.54, 1.807) is 22.9 Å². The maximum Gasteiger partial charge on any atom is 0.258 e.